The molecule has 2 fully saturated rings. The molecule has 1 atom stereocenters. The number of carbonyl (C=O) groups excluding carboxylic acids is 1. The number of ether oxygens (including phenoxy) is 1. The number of hydrogen-bond donors (Lipinski definition) is 2. The maximum atomic E-state index is 12.1. The molecule has 7 nitrogen and oxygen atoms in total. The number of hydrogen-bond acceptors (Lipinski definition) is 4. The molecule has 0 radical (unpaired) electrons. The summed E-state index contributed by atoms with van der Waals surface area (Å²) in [6.07, 6.45) is 1.22. The second kappa shape index (κ2) is 5.11. The lowest BCUT2D eigenvalue weighted by Gasteiger charge is -2.34. The molecule has 18 heavy (non-hydrogen) atoms. The summed E-state index contributed by atoms with van der Waals surface area (Å²) in [4.78, 5) is 24.8. The Bertz CT molecular complexity index is 343. The summed E-state index contributed by atoms with van der Waals surface area (Å²) in [5.41, 5.74) is 1.66. The number of carboxylic acid groups (broad SMARTS) is 1. The molecule has 102 valence electrons. The summed E-state index contributed by atoms with van der Waals surface area (Å²) in [6.45, 7) is 4.50. The summed E-state index contributed by atoms with van der Waals surface area (Å²) in [5.74, 6) is -0.947. The Morgan fingerprint density at radius 1 is 1.28 bits per heavy atom. The number of likely N-dealkylation sites (tertiary alicyclic amines) is 1. The maximum Gasteiger partial charge on any atom is 0.332 e. The smallest absolute Gasteiger partial charge is 0.332 e. The molecule has 0 aromatic rings. The van der Waals surface area contributed by atoms with Crippen molar-refractivity contribution in [1.29, 1.82) is 0 Å². The predicted molar refractivity (Wildman–Crippen MR) is 62.9 cm³/mol. The van der Waals surface area contributed by atoms with E-state index in [1.807, 2.05) is 0 Å². The van der Waals surface area contributed by atoms with Gasteiger partial charge in [0.05, 0.1) is 13.2 Å². The largest absolute Gasteiger partial charge is 0.480 e. The van der Waals surface area contributed by atoms with E-state index in [4.69, 9.17) is 4.74 Å². The van der Waals surface area contributed by atoms with E-state index in [0.29, 0.717) is 39.3 Å². The molecule has 0 saturated carbocycles. The molecule has 1 unspecified atom stereocenters. The van der Waals surface area contributed by atoms with E-state index >= 15 is 0 Å². The first-order chi connectivity index (χ1) is 8.54. The molecule has 0 aromatic carbocycles. The lowest BCUT2D eigenvalue weighted by Crippen LogP contribution is -2.58. The summed E-state index contributed by atoms with van der Waals surface area (Å²) >= 11 is 0. The molecule has 7 heteroatoms. The van der Waals surface area contributed by atoms with Crippen LogP contribution in [0, 0.1) is 0 Å². The molecule has 2 saturated heterocycles. The molecule has 2 amide bonds. The van der Waals surface area contributed by atoms with Crippen LogP contribution in [0.25, 0.3) is 0 Å². The van der Waals surface area contributed by atoms with Gasteiger partial charge in [-0.3, -0.25) is 5.43 Å². The number of urea groups is 1. The Hall–Kier alpha value is -1.34. The van der Waals surface area contributed by atoms with Gasteiger partial charge in [-0.2, -0.15) is 0 Å². The highest BCUT2D eigenvalue weighted by Crippen LogP contribution is 2.29. The zero-order valence-corrected chi connectivity index (χ0v) is 10.5. The number of carboxylic acids is 1. The van der Waals surface area contributed by atoms with Gasteiger partial charge in [0.1, 0.15) is 5.54 Å². The van der Waals surface area contributed by atoms with E-state index in [9.17, 15) is 14.7 Å². The lowest BCUT2D eigenvalue weighted by molar-refractivity contribution is -0.147. The minimum absolute atomic E-state index is 0.334. The highest BCUT2D eigenvalue weighted by atomic mass is 16.5. The van der Waals surface area contributed by atoms with E-state index in [-0.39, 0.29) is 6.03 Å². The van der Waals surface area contributed by atoms with Crippen LogP contribution in [0.2, 0.25) is 0 Å². The van der Waals surface area contributed by atoms with Gasteiger partial charge >= 0.3 is 12.0 Å². The van der Waals surface area contributed by atoms with Gasteiger partial charge in [0.2, 0.25) is 0 Å². The van der Waals surface area contributed by atoms with Crippen molar-refractivity contribution < 1.29 is 19.4 Å². The topological polar surface area (TPSA) is 82.1 Å². The lowest BCUT2D eigenvalue weighted by atomic mass is 10.00. The van der Waals surface area contributed by atoms with Crippen LogP contribution in [0.15, 0.2) is 0 Å². The number of rotatable bonds is 2. The van der Waals surface area contributed by atoms with Crippen molar-refractivity contribution in [3.63, 3.8) is 0 Å². The summed E-state index contributed by atoms with van der Waals surface area (Å²) < 4.78 is 5.19. The number of amides is 2. The monoisotopic (exact) mass is 257 g/mol. The average Bonchev–Trinajstić information content (AvgIpc) is 2.74. The number of aliphatic carboxylic acids is 1. The van der Waals surface area contributed by atoms with Crippen molar-refractivity contribution in [1.82, 2.24) is 15.3 Å². The minimum Gasteiger partial charge on any atom is -0.480 e. The predicted octanol–water partition coefficient (Wildman–Crippen LogP) is -0.118. The molecule has 0 aliphatic carbocycles. The van der Waals surface area contributed by atoms with Crippen molar-refractivity contribution in [2.75, 3.05) is 32.8 Å². The van der Waals surface area contributed by atoms with Gasteiger partial charge in [-0.05, 0) is 19.8 Å². The van der Waals surface area contributed by atoms with Crippen LogP contribution in [0.3, 0.4) is 0 Å². The van der Waals surface area contributed by atoms with Crippen LogP contribution in [-0.4, -0.2) is 65.4 Å². The Morgan fingerprint density at radius 2 is 1.94 bits per heavy atom. The number of carbonyl (C=O) groups is 2. The maximum absolute atomic E-state index is 12.1. The van der Waals surface area contributed by atoms with Crippen molar-refractivity contribution in [2.24, 2.45) is 0 Å². The molecule has 0 aromatic heterocycles. The molecular formula is C11H19N3O4. The first-order valence-electron chi connectivity index (χ1n) is 6.18. The highest BCUT2D eigenvalue weighted by Gasteiger charge is 2.46. The van der Waals surface area contributed by atoms with Crippen LogP contribution >= 0.6 is 0 Å². The fourth-order valence-corrected chi connectivity index (χ4v) is 2.38. The SMILES string of the molecule is CC1(C(=O)O)CCCN1C(=O)NN1CCOCC1. The van der Waals surface area contributed by atoms with E-state index in [1.165, 1.54) is 4.90 Å². The van der Waals surface area contributed by atoms with E-state index in [0.717, 1.165) is 6.42 Å². The van der Waals surface area contributed by atoms with Crippen LogP contribution in [0.4, 0.5) is 4.79 Å². The van der Waals surface area contributed by atoms with Crippen LogP contribution < -0.4 is 5.43 Å². The molecule has 2 heterocycles. The third kappa shape index (κ3) is 2.41. The van der Waals surface area contributed by atoms with E-state index < -0.39 is 11.5 Å². The number of hydrazine groups is 1. The quantitative estimate of drug-likeness (QED) is 0.721. The Labute approximate surface area is 106 Å². The molecule has 0 bridgehead atoms. The zero-order chi connectivity index (χ0) is 13.2. The van der Waals surface area contributed by atoms with Gasteiger partial charge in [-0.25, -0.2) is 14.6 Å². The van der Waals surface area contributed by atoms with Crippen molar-refractivity contribution >= 4 is 12.0 Å². The molecule has 0 spiro atoms. The highest BCUT2D eigenvalue weighted by molar-refractivity contribution is 5.86. The van der Waals surface area contributed by atoms with Gasteiger partial charge in [0.25, 0.3) is 0 Å². The Balaban J connectivity index is 1.97. The molecule has 2 N–H and O–H groups in total. The third-order valence-electron chi connectivity index (χ3n) is 3.61. The average molecular weight is 257 g/mol. The van der Waals surface area contributed by atoms with Crippen molar-refractivity contribution in [3.8, 4) is 0 Å². The van der Waals surface area contributed by atoms with Crippen LogP contribution in [0.1, 0.15) is 19.8 Å². The fourth-order valence-electron chi connectivity index (χ4n) is 2.38. The van der Waals surface area contributed by atoms with Gasteiger partial charge in [-0.15, -0.1) is 0 Å². The van der Waals surface area contributed by atoms with E-state index in [2.05, 4.69) is 5.43 Å². The molecular weight excluding hydrogens is 238 g/mol. The second-order valence-corrected chi connectivity index (χ2v) is 4.85. The second-order valence-electron chi connectivity index (χ2n) is 4.85. The summed E-state index contributed by atoms with van der Waals surface area (Å²) in [6, 6.07) is -0.334. The number of nitrogens with one attached hydrogen (secondary N) is 1. The molecule has 2 aliphatic rings. The van der Waals surface area contributed by atoms with E-state index in [1.54, 1.807) is 11.9 Å². The molecule has 2 rings (SSSR count). The fraction of sp³-hybridized carbons (Fsp3) is 0.818. The van der Waals surface area contributed by atoms with Crippen molar-refractivity contribution in [2.45, 2.75) is 25.3 Å². The number of morpholine rings is 1. The first-order valence-corrected chi connectivity index (χ1v) is 6.18. The summed E-state index contributed by atoms with van der Waals surface area (Å²) in [7, 11) is 0. The Morgan fingerprint density at radius 3 is 2.56 bits per heavy atom. The Kier molecular flexibility index (Phi) is 3.72. The summed E-state index contributed by atoms with van der Waals surface area (Å²) in [5, 5.41) is 11.0. The van der Waals surface area contributed by atoms with Gasteiger partial charge in [0, 0.05) is 19.6 Å². The normalized spacial score (nSPS) is 29.3. The molecule has 2 aliphatic heterocycles. The zero-order valence-electron chi connectivity index (χ0n) is 10.5. The van der Waals surface area contributed by atoms with Crippen LogP contribution in [-0.2, 0) is 9.53 Å². The minimum atomic E-state index is -1.09. The standard InChI is InChI=1S/C11H19N3O4/c1-11(9(15)16)3-2-4-14(11)10(17)12-13-5-7-18-8-6-13/h2-8H2,1H3,(H,12,17)(H,15,16). The first kappa shape index (κ1) is 13.1. The van der Waals surface area contributed by atoms with Gasteiger partial charge in [0.15, 0.2) is 0 Å². The van der Waals surface area contributed by atoms with Gasteiger partial charge in [-0.1, -0.05) is 0 Å². The third-order valence-corrected chi connectivity index (χ3v) is 3.61. The number of nitrogens with zero attached hydrogens (tertiary/aromatic N) is 2. The van der Waals surface area contributed by atoms with Gasteiger partial charge < -0.3 is 14.7 Å². The van der Waals surface area contributed by atoms with Crippen molar-refractivity contribution in [3.05, 3.63) is 0 Å². The van der Waals surface area contributed by atoms with Crippen LogP contribution in [0.5, 0.6) is 0 Å².